The summed E-state index contributed by atoms with van der Waals surface area (Å²) in [6.45, 7) is 26.1. The van der Waals surface area contributed by atoms with E-state index in [4.69, 9.17) is 4.42 Å². The predicted molar refractivity (Wildman–Crippen MR) is 323 cm³/mol. The van der Waals surface area contributed by atoms with Crippen molar-refractivity contribution in [2.24, 2.45) is 0 Å². The number of para-hydroxylation sites is 3. The van der Waals surface area contributed by atoms with Crippen LogP contribution in [0.5, 0.6) is 0 Å². The molecule has 1 aromatic heterocycles. The lowest BCUT2D eigenvalue weighted by Crippen LogP contribution is -2.62. The number of benzene rings is 9. The molecule has 0 radical (unpaired) electrons. The topological polar surface area (TPSA) is 22.9 Å². The van der Waals surface area contributed by atoms with E-state index in [-0.39, 0.29) is 28.5 Å². The summed E-state index contributed by atoms with van der Waals surface area (Å²) in [4.78, 5) is 7.84. The van der Waals surface area contributed by atoms with Crippen molar-refractivity contribution in [3.05, 3.63) is 215 Å². The molecule has 9 aromatic carbocycles. The van der Waals surface area contributed by atoms with E-state index < -0.39 is 0 Å². The Balaban J connectivity index is 1.07. The molecule has 4 heterocycles. The molecule has 0 saturated carbocycles. The van der Waals surface area contributed by atoms with Crippen molar-refractivity contribution in [2.75, 3.05) is 14.6 Å². The zero-order chi connectivity index (χ0) is 52.4. The van der Waals surface area contributed by atoms with Crippen molar-refractivity contribution < 1.29 is 4.42 Å². The molecule has 4 nitrogen and oxygen atoms in total. The molecule has 374 valence electrons. The van der Waals surface area contributed by atoms with Crippen molar-refractivity contribution in [3.63, 3.8) is 0 Å². The second-order valence-corrected chi connectivity index (χ2v) is 25.3. The number of hydrogen-bond acceptors (Lipinski definition) is 4. The Bertz CT molecular complexity index is 4040. The molecular weight excluding hydrogens is 922 g/mol. The molecule has 0 unspecified atom stereocenters. The third-order valence-electron chi connectivity index (χ3n) is 18.3. The van der Waals surface area contributed by atoms with Gasteiger partial charge in [-0.25, -0.2) is 0 Å². The maximum Gasteiger partial charge on any atom is 0.333 e. The smallest absolute Gasteiger partial charge is 0.333 e. The van der Waals surface area contributed by atoms with Gasteiger partial charge in [-0.3, -0.25) is 0 Å². The Morgan fingerprint density at radius 1 is 0.513 bits per heavy atom. The van der Waals surface area contributed by atoms with E-state index in [1.165, 1.54) is 101 Å². The Morgan fingerprint density at radius 2 is 1.16 bits per heavy atom. The molecule has 14 rings (SSSR count). The quantitative estimate of drug-likeness (QED) is 0.160. The molecule has 5 heteroatoms. The summed E-state index contributed by atoms with van der Waals surface area (Å²) in [5.41, 5.74) is 28.5. The van der Waals surface area contributed by atoms with Gasteiger partial charge in [-0.15, -0.1) is 0 Å². The first-order valence-corrected chi connectivity index (χ1v) is 27.6. The van der Waals surface area contributed by atoms with Crippen LogP contribution in [0.15, 0.2) is 180 Å². The average molecular weight is 988 g/mol. The molecule has 1 aliphatic carbocycles. The molecule has 4 aliphatic rings. The Kier molecular flexibility index (Phi) is 9.92. The van der Waals surface area contributed by atoms with Crippen LogP contribution in [0.4, 0.5) is 45.5 Å². The number of anilines is 8. The van der Waals surface area contributed by atoms with Crippen LogP contribution in [0.25, 0.3) is 44.2 Å². The molecule has 10 aromatic rings. The molecular formula is C71H66BN3O. The maximum atomic E-state index is 6.42. The first-order chi connectivity index (χ1) is 36.4. The summed E-state index contributed by atoms with van der Waals surface area (Å²) < 4.78 is 6.42. The van der Waals surface area contributed by atoms with Gasteiger partial charge in [-0.2, -0.15) is 0 Å². The van der Waals surface area contributed by atoms with Crippen molar-refractivity contribution in [1.29, 1.82) is 0 Å². The fourth-order valence-electron chi connectivity index (χ4n) is 14.0. The van der Waals surface area contributed by atoms with E-state index in [0.717, 1.165) is 51.1 Å². The highest BCUT2D eigenvalue weighted by Crippen LogP contribution is 2.59. The summed E-state index contributed by atoms with van der Waals surface area (Å²) >= 11 is 0. The first-order valence-electron chi connectivity index (χ1n) is 27.6. The Morgan fingerprint density at radius 3 is 1.89 bits per heavy atom. The number of nitrogens with zero attached hydrogens (tertiary/aromatic N) is 3. The highest BCUT2D eigenvalue weighted by atomic mass is 16.3. The largest absolute Gasteiger partial charge is 0.456 e. The molecule has 0 bridgehead atoms. The molecule has 0 amide bonds. The van der Waals surface area contributed by atoms with Gasteiger partial charge in [0.1, 0.15) is 11.2 Å². The Labute approximate surface area is 449 Å². The van der Waals surface area contributed by atoms with Crippen molar-refractivity contribution in [1.82, 2.24) is 0 Å². The highest BCUT2D eigenvalue weighted by Gasteiger charge is 2.51. The summed E-state index contributed by atoms with van der Waals surface area (Å²) in [6, 6.07) is 67.0. The van der Waals surface area contributed by atoms with Gasteiger partial charge >= 0.3 is 6.85 Å². The molecule has 0 atom stereocenters. The van der Waals surface area contributed by atoms with Crippen LogP contribution in [0.3, 0.4) is 0 Å². The lowest BCUT2D eigenvalue weighted by atomic mass is 9.42. The molecule has 0 saturated heterocycles. The lowest BCUT2D eigenvalue weighted by molar-refractivity contribution is 0.331. The highest BCUT2D eigenvalue weighted by molar-refractivity contribution is 6.93. The minimum Gasteiger partial charge on any atom is -0.456 e. The van der Waals surface area contributed by atoms with Gasteiger partial charge < -0.3 is 19.0 Å². The third kappa shape index (κ3) is 6.76. The SMILES string of the molecule is Cc1cccc(C)c1-c1cc2c3c(c1)N1c4cc5c(cc4C(C)(C)c4cccc(c41)B3N(c1ccccc1)c1cc(N(c3ccc(C(C)(C)C)cc3)c3ccc4oc6ccccc6c4c3)ccc1-2)C(C)(C)CCC5(C)C. The standard InChI is InChI=1S/C71H66BN3O/c1-43-19-17-20-44(2)65(43)45-37-54-51-33-31-50(73(47-29-27-46(28-30-47)68(3,4)5)49-32-34-64-53(39-49)52-23-15-16-26-63(52)76-64)40-60(51)75(48-21-13-12-14-22-48)72-59-25-18-24-55-67(59)74(62(38-45)66(54)72)61-42-57-56(41-58(61)71(55,10)11)69(6,7)35-36-70(57,8)9/h12-34,37-42H,35-36H2,1-11H3. The van der Waals surface area contributed by atoms with Gasteiger partial charge in [0, 0.05) is 61.6 Å². The lowest BCUT2D eigenvalue weighted by Gasteiger charge is -2.52. The number of furan rings is 1. The predicted octanol–water partition coefficient (Wildman–Crippen LogP) is 18.3. The van der Waals surface area contributed by atoms with Crippen LogP contribution in [-0.2, 0) is 21.7 Å². The van der Waals surface area contributed by atoms with Crippen LogP contribution >= 0.6 is 0 Å². The summed E-state index contributed by atoms with van der Waals surface area (Å²) in [5, 5.41) is 2.22. The molecule has 3 aliphatic heterocycles. The summed E-state index contributed by atoms with van der Waals surface area (Å²) in [5.74, 6) is 0. The normalized spacial score (nSPS) is 16.2. The van der Waals surface area contributed by atoms with Gasteiger partial charge in [0.15, 0.2) is 0 Å². The number of hydrogen-bond donors (Lipinski definition) is 0. The Hall–Kier alpha value is -7.76. The van der Waals surface area contributed by atoms with Crippen LogP contribution in [0.2, 0.25) is 0 Å². The molecule has 0 spiro atoms. The molecule has 0 N–H and O–H groups in total. The van der Waals surface area contributed by atoms with Crippen molar-refractivity contribution >= 4 is 85.2 Å². The van der Waals surface area contributed by atoms with Crippen LogP contribution in [-0.4, -0.2) is 6.85 Å². The van der Waals surface area contributed by atoms with Crippen LogP contribution in [0.1, 0.15) is 114 Å². The van der Waals surface area contributed by atoms with Crippen LogP contribution in [0, 0.1) is 13.8 Å². The number of rotatable bonds is 5. The van der Waals surface area contributed by atoms with Gasteiger partial charge in [0.05, 0.1) is 5.69 Å². The van der Waals surface area contributed by atoms with E-state index in [0.29, 0.717) is 0 Å². The van der Waals surface area contributed by atoms with Gasteiger partial charge in [0.2, 0.25) is 0 Å². The van der Waals surface area contributed by atoms with Gasteiger partial charge in [-0.1, -0.05) is 159 Å². The van der Waals surface area contributed by atoms with Crippen molar-refractivity contribution in [2.45, 2.75) is 111 Å². The minimum atomic E-state index is -0.268. The fourth-order valence-corrected chi connectivity index (χ4v) is 14.0. The molecule has 0 fully saturated rings. The van der Waals surface area contributed by atoms with Gasteiger partial charge in [-0.05, 0) is 188 Å². The van der Waals surface area contributed by atoms with Gasteiger partial charge in [0.25, 0.3) is 0 Å². The third-order valence-corrected chi connectivity index (χ3v) is 18.3. The first kappa shape index (κ1) is 46.8. The number of fused-ring (bicyclic) bond motifs is 10. The summed E-state index contributed by atoms with van der Waals surface area (Å²) in [6.07, 6.45) is 2.34. The summed E-state index contributed by atoms with van der Waals surface area (Å²) in [7, 11) is 0. The monoisotopic (exact) mass is 988 g/mol. The second kappa shape index (κ2) is 16.1. The molecule has 76 heavy (non-hydrogen) atoms. The zero-order valence-corrected chi connectivity index (χ0v) is 46.0. The van der Waals surface area contributed by atoms with E-state index in [2.05, 4.69) is 267 Å². The second-order valence-electron chi connectivity index (χ2n) is 25.3. The van der Waals surface area contributed by atoms with E-state index in [1.807, 2.05) is 0 Å². The van der Waals surface area contributed by atoms with E-state index in [1.54, 1.807) is 0 Å². The maximum absolute atomic E-state index is 6.42. The van der Waals surface area contributed by atoms with E-state index in [9.17, 15) is 0 Å². The fraction of sp³-hybridized carbons (Fsp3) is 0.239. The van der Waals surface area contributed by atoms with E-state index >= 15 is 0 Å². The minimum absolute atomic E-state index is 0.0122. The van der Waals surface area contributed by atoms with Crippen molar-refractivity contribution in [3.8, 4) is 22.3 Å². The van der Waals surface area contributed by atoms with Crippen LogP contribution < -0.4 is 25.5 Å². The average Bonchev–Trinajstić information content (AvgIpc) is 3.38. The zero-order valence-electron chi connectivity index (χ0n) is 46.0. The number of aryl methyl sites for hydroxylation is 2.